The molecule has 98 valence electrons. The van der Waals surface area contributed by atoms with Gasteiger partial charge in [0, 0.05) is 11.8 Å². The SMILES string of the molecule is CCc1cccc(N=Cc2cccc(OC)c2O)c1. The number of hydrogen-bond donors (Lipinski definition) is 1. The van der Waals surface area contributed by atoms with Crippen molar-refractivity contribution in [2.24, 2.45) is 4.99 Å². The lowest BCUT2D eigenvalue weighted by molar-refractivity contribution is 0.373. The first-order valence-electron chi connectivity index (χ1n) is 6.23. The van der Waals surface area contributed by atoms with Crippen LogP contribution in [0, 0.1) is 0 Å². The quantitative estimate of drug-likeness (QED) is 0.846. The zero-order valence-electron chi connectivity index (χ0n) is 11.1. The summed E-state index contributed by atoms with van der Waals surface area (Å²) < 4.78 is 5.06. The van der Waals surface area contributed by atoms with Crippen molar-refractivity contribution in [2.75, 3.05) is 7.11 Å². The highest BCUT2D eigenvalue weighted by atomic mass is 16.5. The van der Waals surface area contributed by atoms with Crippen molar-refractivity contribution >= 4 is 11.9 Å². The molecule has 2 aromatic carbocycles. The smallest absolute Gasteiger partial charge is 0.166 e. The van der Waals surface area contributed by atoms with E-state index in [0.717, 1.165) is 12.1 Å². The number of phenols is 1. The lowest BCUT2D eigenvalue weighted by Crippen LogP contribution is -1.88. The number of aliphatic imine (C=N–C) groups is 1. The Kier molecular flexibility index (Phi) is 4.18. The van der Waals surface area contributed by atoms with Crippen molar-refractivity contribution < 1.29 is 9.84 Å². The van der Waals surface area contributed by atoms with E-state index in [1.54, 1.807) is 18.3 Å². The third-order valence-electron chi connectivity index (χ3n) is 2.92. The van der Waals surface area contributed by atoms with Crippen LogP contribution >= 0.6 is 0 Å². The van der Waals surface area contributed by atoms with Crippen LogP contribution in [-0.4, -0.2) is 18.4 Å². The first-order chi connectivity index (χ1) is 9.24. The Morgan fingerprint density at radius 3 is 2.74 bits per heavy atom. The number of aromatic hydroxyl groups is 1. The highest BCUT2D eigenvalue weighted by Gasteiger charge is 2.04. The summed E-state index contributed by atoms with van der Waals surface area (Å²) in [5, 5.41) is 9.95. The molecule has 1 N–H and O–H groups in total. The van der Waals surface area contributed by atoms with E-state index in [2.05, 4.69) is 18.0 Å². The van der Waals surface area contributed by atoms with Crippen LogP contribution in [0.1, 0.15) is 18.1 Å². The van der Waals surface area contributed by atoms with Crippen molar-refractivity contribution in [1.82, 2.24) is 0 Å². The molecular weight excluding hydrogens is 238 g/mol. The maximum Gasteiger partial charge on any atom is 0.166 e. The lowest BCUT2D eigenvalue weighted by atomic mass is 10.1. The number of para-hydroxylation sites is 1. The summed E-state index contributed by atoms with van der Waals surface area (Å²) in [4.78, 5) is 4.38. The molecule has 0 bridgehead atoms. The molecule has 19 heavy (non-hydrogen) atoms. The fraction of sp³-hybridized carbons (Fsp3) is 0.188. The molecule has 0 saturated carbocycles. The van der Waals surface area contributed by atoms with Gasteiger partial charge in [-0.05, 0) is 36.2 Å². The van der Waals surface area contributed by atoms with Crippen LogP contribution in [0.5, 0.6) is 11.5 Å². The van der Waals surface area contributed by atoms with Crippen LogP contribution in [0.3, 0.4) is 0 Å². The zero-order chi connectivity index (χ0) is 13.7. The number of methoxy groups -OCH3 is 1. The fourth-order valence-corrected chi connectivity index (χ4v) is 1.81. The van der Waals surface area contributed by atoms with Gasteiger partial charge in [-0.25, -0.2) is 0 Å². The molecule has 0 aliphatic heterocycles. The van der Waals surface area contributed by atoms with E-state index >= 15 is 0 Å². The summed E-state index contributed by atoms with van der Waals surface area (Å²) in [5.41, 5.74) is 2.76. The number of phenolic OH excluding ortho intramolecular Hbond substituents is 1. The Morgan fingerprint density at radius 1 is 1.21 bits per heavy atom. The predicted octanol–water partition coefficient (Wildman–Crippen LogP) is 3.71. The summed E-state index contributed by atoms with van der Waals surface area (Å²) in [5.74, 6) is 0.562. The second kappa shape index (κ2) is 6.05. The Labute approximate surface area is 113 Å². The molecule has 0 saturated heterocycles. The van der Waals surface area contributed by atoms with Gasteiger partial charge in [0.1, 0.15) is 0 Å². The van der Waals surface area contributed by atoms with Crippen LogP contribution in [0.15, 0.2) is 47.5 Å². The summed E-state index contributed by atoms with van der Waals surface area (Å²) in [6, 6.07) is 13.4. The van der Waals surface area contributed by atoms with Crippen molar-refractivity contribution in [3.05, 3.63) is 53.6 Å². The van der Waals surface area contributed by atoms with Crippen molar-refractivity contribution in [1.29, 1.82) is 0 Å². The van der Waals surface area contributed by atoms with Gasteiger partial charge in [0.15, 0.2) is 11.5 Å². The van der Waals surface area contributed by atoms with Gasteiger partial charge < -0.3 is 9.84 Å². The summed E-state index contributed by atoms with van der Waals surface area (Å²) >= 11 is 0. The third-order valence-corrected chi connectivity index (χ3v) is 2.92. The Hall–Kier alpha value is -2.29. The van der Waals surface area contributed by atoms with Gasteiger partial charge in [0.2, 0.25) is 0 Å². The van der Waals surface area contributed by atoms with Crippen LogP contribution in [0.4, 0.5) is 5.69 Å². The maximum absolute atomic E-state index is 9.95. The van der Waals surface area contributed by atoms with Gasteiger partial charge in [-0.1, -0.05) is 25.1 Å². The Balaban J connectivity index is 2.27. The predicted molar refractivity (Wildman–Crippen MR) is 77.7 cm³/mol. The first-order valence-corrected chi connectivity index (χ1v) is 6.23. The van der Waals surface area contributed by atoms with E-state index in [1.807, 2.05) is 24.3 Å². The number of hydrogen-bond acceptors (Lipinski definition) is 3. The van der Waals surface area contributed by atoms with Gasteiger partial charge in [-0.3, -0.25) is 4.99 Å². The first kappa shape index (κ1) is 13.1. The minimum atomic E-state index is 0.111. The molecule has 0 aliphatic rings. The van der Waals surface area contributed by atoms with E-state index < -0.39 is 0 Å². The number of ether oxygens (including phenoxy) is 1. The average Bonchev–Trinajstić information content (AvgIpc) is 2.46. The van der Waals surface area contributed by atoms with Gasteiger partial charge in [0.25, 0.3) is 0 Å². The molecule has 0 spiro atoms. The Morgan fingerprint density at radius 2 is 2.00 bits per heavy atom. The molecule has 0 radical (unpaired) electrons. The molecule has 0 heterocycles. The second-order valence-corrected chi connectivity index (χ2v) is 4.18. The van der Waals surface area contributed by atoms with Crippen LogP contribution < -0.4 is 4.74 Å². The van der Waals surface area contributed by atoms with Crippen LogP contribution in [0.25, 0.3) is 0 Å². The molecule has 0 fully saturated rings. The molecule has 0 aliphatic carbocycles. The standard InChI is InChI=1S/C16H17NO2/c1-3-12-6-4-8-14(10-12)17-11-13-7-5-9-15(19-2)16(13)18/h4-11,18H,3H2,1-2H3. The number of rotatable bonds is 4. The van der Waals surface area contributed by atoms with E-state index in [-0.39, 0.29) is 5.75 Å². The van der Waals surface area contributed by atoms with E-state index in [9.17, 15) is 5.11 Å². The fourth-order valence-electron chi connectivity index (χ4n) is 1.81. The molecule has 0 amide bonds. The van der Waals surface area contributed by atoms with Crippen LogP contribution in [-0.2, 0) is 6.42 Å². The molecule has 3 nitrogen and oxygen atoms in total. The lowest BCUT2D eigenvalue weighted by Gasteiger charge is -2.05. The highest BCUT2D eigenvalue weighted by molar-refractivity contribution is 5.86. The largest absolute Gasteiger partial charge is 0.504 e. The van der Waals surface area contributed by atoms with Crippen molar-refractivity contribution in [2.45, 2.75) is 13.3 Å². The molecule has 2 aromatic rings. The van der Waals surface area contributed by atoms with Crippen LogP contribution in [0.2, 0.25) is 0 Å². The number of aryl methyl sites for hydroxylation is 1. The third kappa shape index (κ3) is 3.13. The normalized spacial score (nSPS) is 10.8. The van der Waals surface area contributed by atoms with Crippen molar-refractivity contribution in [3.63, 3.8) is 0 Å². The summed E-state index contributed by atoms with van der Waals surface area (Å²) in [6.07, 6.45) is 2.63. The minimum absolute atomic E-state index is 0.111. The molecular formula is C16H17NO2. The monoisotopic (exact) mass is 255 g/mol. The summed E-state index contributed by atoms with van der Waals surface area (Å²) in [7, 11) is 1.53. The van der Waals surface area contributed by atoms with Gasteiger partial charge >= 0.3 is 0 Å². The van der Waals surface area contributed by atoms with Gasteiger partial charge in [-0.15, -0.1) is 0 Å². The van der Waals surface area contributed by atoms with Gasteiger partial charge in [0.05, 0.1) is 12.8 Å². The van der Waals surface area contributed by atoms with E-state index in [4.69, 9.17) is 4.74 Å². The van der Waals surface area contributed by atoms with E-state index in [0.29, 0.717) is 11.3 Å². The zero-order valence-corrected chi connectivity index (χ0v) is 11.1. The van der Waals surface area contributed by atoms with Gasteiger partial charge in [-0.2, -0.15) is 0 Å². The maximum atomic E-state index is 9.95. The number of nitrogens with zero attached hydrogens (tertiary/aromatic N) is 1. The molecule has 3 heteroatoms. The number of benzene rings is 2. The second-order valence-electron chi connectivity index (χ2n) is 4.18. The summed E-state index contributed by atoms with van der Waals surface area (Å²) in [6.45, 7) is 2.11. The Bertz CT molecular complexity index is 591. The van der Waals surface area contributed by atoms with Crippen molar-refractivity contribution in [3.8, 4) is 11.5 Å². The highest BCUT2D eigenvalue weighted by Crippen LogP contribution is 2.28. The van der Waals surface area contributed by atoms with E-state index in [1.165, 1.54) is 12.7 Å². The molecule has 0 unspecified atom stereocenters. The molecule has 0 atom stereocenters. The topological polar surface area (TPSA) is 41.8 Å². The minimum Gasteiger partial charge on any atom is -0.504 e. The molecule has 0 aromatic heterocycles. The molecule has 2 rings (SSSR count). The average molecular weight is 255 g/mol.